The molecule has 2 rings (SSSR count). The molecule has 0 bridgehead atoms. The highest BCUT2D eigenvalue weighted by molar-refractivity contribution is 5.97. The summed E-state index contributed by atoms with van der Waals surface area (Å²) < 4.78 is 1.78. The maximum Gasteiger partial charge on any atom is 0.251 e. The SMILES string of the molecule is CNC(=O)c1ccc2c(c1)ncn2CC(=O)NCCCN(C)C. The Morgan fingerprint density at radius 3 is 2.78 bits per heavy atom. The van der Waals surface area contributed by atoms with E-state index in [9.17, 15) is 9.59 Å². The third-order valence-electron chi connectivity index (χ3n) is 3.53. The van der Waals surface area contributed by atoms with Crippen LogP contribution in [0.5, 0.6) is 0 Å². The second-order valence-electron chi connectivity index (χ2n) is 5.66. The van der Waals surface area contributed by atoms with Gasteiger partial charge in [0, 0.05) is 19.2 Å². The number of carbonyl (C=O) groups is 2. The first kappa shape index (κ1) is 17.0. The molecule has 2 amide bonds. The lowest BCUT2D eigenvalue weighted by Crippen LogP contribution is -2.30. The summed E-state index contributed by atoms with van der Waals surface area (Å²) in [6.07, 6.45) is 2.54. The normalized spacial score (nSPS) is 11.0. The van der Waals surface area contributed by atoms with Crippen LogP contribution in [0, 0.1) is 0 Å². The molecule has 1 heterocycles. The molecule has 0 unspecified atom stereocenters. The second kappa shape index (κ2) is 7.73. The number of aromatic nitrogens is 2. The van der Waals surface area contributed by atoms with Crippen LogP contribution in [0.3, 0.4) is 0 Å². The zero-order chi connectivity index (χ0) is 16.8. The molecule has 0 aliphatic carbocycles. The Morgan fingerprint density at radius 2 is 2.09 bits per heavy atom. The zero-order valence-corrected chi connectivity index (χ0v) is 13.8. The van der Waals surface area contributed by atoms with E-state index in [0.29, 0.717) is 17.6 Å². The molecule has 0 saturated carbocycles. The van der Waals surface area contributed by atoms with Gasteiger partial charge in [0.15, 0.2) is 0 Å². The first-order valence-electron chi connectivity index (χ1n) is 7.59. The van der Waals surface area contributed by atoms with E-state index < -0.39 is 0 Å². The molecular weight excluding hydrogens is 294 g/mol. The van der Waals surface area contributed by atoms with Crippen molar-refractivity contribution in [2.75, 3.05) is 34.2 Å². The van der Waals surface area contributed by atoms with Crippen molar-refractivity contribution in [1.29, 1.82) is 0 Å². The number of amides is 2. The minimum absolute atomic E-state index is 0.0431. The standard InChI is InChI=1S/C16H23N5O2/c1-17-16(23)12-5-6-14-13(9-12)19-11-21(14)10-15(22)18-7-4-8-20(2)3/h5-6,9,11H,4,7-8,10H2,1-3H3,(H,17,23)(H,18,22). The Balaban J connectivity index is 1.98. The zero-order valence-electron chi connectivity index (χ0n) is 13.8. The highest BCUT2D eigenvalue weighted by Gasteiger charge is 2.10. The molecule has 1 aromatic carbocycles. The van der Waals surface area contributed by atoms with Gasteiger partial charge in [0.25, 0.3) is 5.91 Å². The topological polar surface area (TPSA) is 79.3 Å². The first-order valence-corrected chi connectivity index (χ1v) is 7.59. The van der Waals surface area contributed by atoms with Crippen molar-refractivity contribution < 1.29 is 9.59 Å². The molecule has 0 radical (unpaired) electrons. The van der Waals surface area contributed by atoms with Crippen LogP contribution in [0.15, 0.2) is 24.5 Å². The molecule has 0 fully saturated rings. The maximum atomic E-state index is 12.0. The minimum Gasteiger partial charge on any atom is -0.355 e. The molecule has 124 valence electrons. The van der Waals surface area contributed by atoms with Crippen LogP contribution in [-0.4, -0.2) is 60.5 Å². The molecule has 1 aromatic heterocycles. The van der Waals surface area contributed by atoms with E-state index in [0.717, 1.165) is 18.5 Å². The van der Waals surface area contributed by atoms with Crippen molar-refractivity contribution >= 4 is 22.8 Å². The molecule has 0 aliphatic heterocycles. The summed E-state index contributed by atoms with van der Waals surface area (Å²) in [7, 11) is 5.60. The number of nitrogens with one attached hydrogen (secondary N) is 2. The van der Waals surface area contributed by atoms with Gasteiger partial charge in [-0.05, 0) is 45.3 Å². The lowest BCUT2D eigenvalue weighted by Gasteiger charge is -2.10. The van der Waals surface area contributed by atoms with Gasteiger partial charge in [0.1, 0.15) is 6.54 Å². The lowest BCUT2D eigenvalue weighted by atomic mass is 10.2. The Hall–Kier alpha value is -2.41. The van der Waals surface area contributed by atoms with E-state index in [4.69, 9.17) is 0 Å². The number of imidazole rings is 1. The van der Waals surface area contributed by atoms with Crippen molar-refractivity contribution in [3.05, 3.63) is 30.1 Å². The van der Waals surface area contributed by atoms with E-state index in [1.807, 2.05) is 20.2 Å². The van der Waals surface area contributed by atoms with Crippen molar-refractivity contribution in [1.82, 2.24) is 25.1 Å². The number of carbonyl (C=O) groups excluding carboxylic acids is 2. The number of rotatable bonds is 7. The second-order valence-corrected chi connectivity index (χ2v) is 5.66. The molecule has 2 N–H and O–H groups in total. The Morgan fingerprint density at radius 1 is 1.30 bits per heavy atom. The van der Waals surface area contributed by atoms with Crippen LogP contribution in [-0.2, 0) is 11.3 Å². The largest absolute Gasteiger partial charge is 0.355 e. The highest BCUT2D eigenvalue weighted by atomic mass is 16.2. The number of hydrogen-bond acceptors (Lipinski definition) is 4. The van der Waals surface area contributed by atoms with Gasteiger partial charge >= 0.3 is 0 Å². The van der Waals surface area contributed by atoms with Gasteiger partial charge < -0.3 is 20.1 Å². The quantitative estimate of drug-likeness (QED) is 0.727. The van der Waals surface area contributed by atoms with Crippen LogP contribution in [0.4, 0.5) is 0 Å². The molecule has 0 spiro atoms. The Labute approximate surface area is 135 Å². The number of nitrogens with zero attached hydrogens (tertiary/aromatic N) is 3. The van der Waals surface area contributed by atoms with Gasteiger partial charge in [-0.1, -0.05) is 0 Å². The third-order valence-corrected chi connectivity index (χ3v) is 3.53. The van der Waals surface area contributed by atoms with Crippen LogP contribution >= 0.6 is 0 Å². The van der Waals surface area contributed by atoms with Crippen LogP contribution < -0.4 is 10.6 Å². The van der Waals surface area contributed by atoms with Crippen molar-refractivity contribution in [3.8, 4) is 0 Å². The summed E-state index contributed by atoms with van der Waals surface area (Å²) in [4.78, 5) is 30.0. The first-order chi connectivity index (χ1) is 11.0. The molecule has 7 heteroatoms. The van der Waals surface area contributed by atoms with Gasteiger partial charge in [-0.3, -0.25) is 9.59 Å². The van der Waals surface area contributed by atoms with E-state index >= 15 is 0 Å². The average Bonchev–Trinajstić information content (AvgIpc) is 2.92. The predicted molar refractivity (Wildman–Crippen MR) is 89.3 cm³/mol. The monoisotopic (exact) mass is 317 g/mol. The van der Waals surface area contributed by atoms with Gasteiger partial charge in [-0.25, -0.2) is 4.98 Å². The lowest BCUT2D eigenvalue weighted by molar-refractivity contribution is -0.121. The van der Waals surface area contributed by atoms with E-state index in [-0.39, 0.29) is 18.4 Å². The van der Waals surface area contributed by atoms with Gasteiger partial charge in [0.2, 0.25) is 5.91 Å². The van der Waals surface area contributed by atoms with Crippen molar-refractivity contribution in [2.24, 2.45) is 0 Å². The van der Waals surface area contributed by atoms with Crippen molar-refractivity contribution in [2.45, 2.75) is 13.0 Å². The van der Waals surface area contributed by atoms with Crippen LogP contribution in [0.2, 0.25) is 0 Å². The van der Waals surface area contributed by atoms with E-state index in [1.165, 1.54) is 0 Å². The fraction of sp³-hybridized carbons (Fsp3) is 0.438. The minimum atomic E-state index is -0.153. The highest BCUT2D eigenvalue weighted by Crippen LogP contribution is 2.15. The summed E-state index contributed by atoms with van der Waals surface area (Å²) in [5.41, 5.74) is 2.09. The van der Waals surface area contributed by atoms with Crippen LogP contribution in [0.1, 0.15) is 16.8 Å². The fourth-order valence-electron chi connectivity index (χ4n) is 2.31. The molecule has 0 aliphatic rings. The smallest absolute Gasteiger partial charge is 0.251 e. The summed E-state index contributed by atoms with van der Waals surface area (Å²) >= 11 is 0. The van der Waals surface area contributed by atoms with Gasteiger partial charge in [0.05, 0.1) is 17.4 Å². The molecular formula is C16H23N5O2. The summed E-state index contributed by atoms with van der Waals surface area (Å²) in [5, 5.41) is 5.48. The van der Waals surface area contributed by atoms with Crippen molar-refractivity contribution in [3.63, 3.8) is 0 Å². The fourth-order valence-corrected chi connectivity index (χ4v) is 2.31. The van der Waals surface area contributed by atoms with E-state index in [1.54, 1.807) is 30.1 Å². The number of benzene rings is 1. The molecule has 0 atom stereocenters. The van der Waals surface area contributed by atoms with E-state index in [2.05, 4.69) is 20.5 Å². The van der Waals surface area contributed by atoms with Crippen LogP contribution in [0.25, 0.3) is 11.0 Å². The predicted octanol–water partition coefficient (Wildman–Crippen LogP) is 0.464. The number of fused-ring (bicyclic) bond motifs is 1. The van der Waals surface area contributed by atoms with Gasteiger partial charge in [-0.15, -0.1) is 0 Å². The third kappa shape index (κ3) is 4.53. The number of hydrogen-bond donors (Lipinski definition) is 2. The summed E-state index contributed by atoms with van der Waals surface area (Å²) in [6, 6.07) is 5.26. The average molecular weight is 317 g/mol. The molecule has 23 heavy (non-hydrogen) atoms. The summed E-state index contributed by atoms with van der Waals surface area (Å²) in [5.74, 6) is -0.196. The van der Waals surface area contributed by atoms with Gasteiger partial charge in [-0.2, -0.15) is 0 Å². The summed E-state index contributed by atoms with van der Waals surface area (Å²) in [6.45, 7) is 1.82. The molecule has 2 aromatic rings. The molecule has 7 nitrogen and oxygen atoms in total. The maximum absolute atomic E-state index is 12.0. The molecule has 0 saturated heterocycles. The Kier molecular flexibility index (Phi) is 5.70. The Bertz CT molecular complexity index is 693.